The van der Waals surface area contributed by atoms with Gasteiger partial charge in [0, 0.05) is 81.7 Å². The molecule has 2 aromatic carbocycles. The van der Waals surface area contributed by atoms with E-state index in [1.54, 1.807) is 12.1 Å². The van der Waals surface area contributed by atoms with Crippen LogP contribution in [0.5, 0.6) is 5.75 Å². The molecule has 9 rings (SSSR count). The highest BCUT2D eigenvalue weighted by Gasteiger charge is 2.45. The normalized spacial score (nSPS) is 23.7. The largest absolute Gasteiger partial charge is 0.507 e. The fourth-order valence-electron chi connectivity index (χ4n) is 10.8. The second kappa shape index (κ2) is 20.1. The standard InChI is InChI=1S/C52H65N11O5/c1-5-33-10-12-34(13-11-33)26-54-49(67)44-24-40(64)32-63(44)50(68)46(52(2,3)4)57-48(66)37-16-14-35(15-17-37)30-60-20-18-36(19-21-60)38-27-55-51(56-28-38)61-22-23-62-39(31-61)29-53-47-43(62)25-42(58-59-47)41-8-6-7-9-45(41)65/h1,6-13,25,27-28,35-37,39-40,44,46,64-65H,14-24,26,29-32H2,2-4H3,(H,53,59)(H,54,67)(H,57,66)/t35?,37?,39-,40+,44-,46+/m0/s1. The summed E-state index contributed by atoms with van der Waals surface area (Å²) in [4.78, 5) is 59.8. The molecule has 3 saturated heterocycles. The van der Waals surface area contributed by atoms with Gasteiger partial charge in [-0.05, 0) is 110 Å². The molecule has 16 nitrogen and oxygen atoms in total. The summed E-state index contributed by atoms with van der Waals surface area (Å²) in [6.07, 6.45) is 14.4. The summed E-state index contributed by atoms with van der Waals surface area (Å²) in [5, 5.41) is 39.4. The van der Waals surface area contributed by atoms with Crippen LogP contribution in [0.3, 0.4) is 0 Å². The van der Waals surface area contributed by atoms with E-state index in [1.807, 2.05) is 75.6 Å². The highest BCUT2D eigenvalue weighted by atomic mass is 16.3. The van der Waals surface area contributed by atoms with E-state index in [9.17, 15) is 24.6 Å². The number of likely N-dealkylation sites (tertiary alicyclic amines) is 2. The van der Waals surface area contributed by atoms with Gasteiger partial charge in [0.1, 0.15) is 17.8 Å². The Morgan fingerprint density at radius 1 is 0.912 bits per heavy atom. The second-order valence-corrected chi connectivity index (χ2v) is 20.5. The van der Waals surface area contributed by atoms with E-state index in [0.717, 1.165) is 113 Å². The molecule has 0 spiro atoms. The van der Waals surface area contributed by atoms with Crippen LogP contribution in [0.4, 0.5) is 17.5 Å². The maximum Gasteiger partial charge on any atom is 0.246 e. The number of terminal acetylenes is 1. The van der Waals surface area contributed by atoms with Crippen molar-refractivity contribution in [2.75, 3.05) is 67.5 Å². The minimum atomic E-state index is -0.847. The smallest absolute Gasteiger partial charge is 0.246 e. The van der Waals surface area contributed by atoms with Gasteiger partial charge in [-0.15, -0.1) is 16.6 Å². The number of rotatable bonds is 11. The first kappa shape index (κ1) is 46.8. The third kappa shape index (κ3) is 10.4. The lowest BCUT2D eigenvalue weighted by Gasteiger charge is -2.45. The number of fused-ring (bicyclic) bond motifs is 3. The molecule has 6 heterocycles. The van der Waals surface area contributed by atoms with Crippen LogP contribution in [0.15, 0.2) is 67.0 Å². The van der Waals surface area contributed by atoms with Crippen molar-refractivity contribution in [2.24, 2.45) is 17.3 Å². The number of aromatic hydroxyl groups is 1. The number of amides is 3. The Kier molecular flexibility index (Phi) is 13.8. The van der Waals surface area contributed by atoms with Gasteiger partial charge in [-0.2, -0.15) is 0 Å². The highest BCUT2D eigenvalue weighted by molar-refractivity contribution is 5.93. The zero-order valence-corrected chi connectivity index (χ0v) is 39.5. The van der Waals surface area contributed by atoms with Gasteiger partial charge in [0.05, 0.1) is 23.5 Å². The van der Waals surface area contributed by atoms with Crippen LogP contribution < -0.4 is 25.8 Å². The minimum absolute atomic E-state index is 0.0366. The Labute approximate surface area is 399 Å². The zero-order valence-electron chi connectivity index (χ0n) is 39.5. The van der Waals surface area contributed by atoms with Crippen molar-refractivity contribution >= 4 is 35.2 Å². The Morgan fingerprint density at radius 3 is 2.35 bits per heavy atom. The number of benzene rings is 2. The number of carbonyl (C=O) groups is 3. The predicted molar refractivity (Wildman–Crippen MR) is 261 cm³/mol. The first-order valence-corrected chi connectivity index (χ1v) is 24.4. The van der Waals surface area contributed by atoms with Gasteiger partial charge in [-0.1, -0.05) is 51.0 Å². The van der Waals surface area contributed by atoms with Crippen LogP contribution in [0.2, 0.25) is 0 Å². The lowest BCUT2D eigenvalue weighted by molar-refractivity contribution is -0.144. The molecule has 4 aliphatic heterocycles. The molecule has 0 unspecified atom stereocenters. The van der Waals surface area contributed by atoms with Gasteiger partial charge < -0.3 is 45.8 Å². The number of carbonyl (C=O) groups excluding carboxylic acids is 3. The molecule has 0 radical (unpaired) electrons. The van der Waals surface area contributed by atoms with Crippen LogP contribution in [0.25, 0.3) is 11.3 Å². The van der Waals surface area contributed by atoms with E-state index in [1.165, 1.54) is 10.5 Å². The molecule has 1 aliphatic carbocycles. The molecule has 358 valence electrons. The van der Waals surface area contributed by atoms with Crippen LogP contribution in [-0.4, -0.2) is 134 Å². The molecule has 1 saturated carbocycles. The summed E-state index contributed by atoms with van der Waals surface area (Å²) >= 11 is 0. The molecule has 4 aromatic rings. The van der Waals surface area contributed by atoms with E-state index in [2.05, 4.69) is 46.8 Å². The van der Waals surface area contributed by atoms with Crippen molar-refractivity contribution in [1.29, 1.82) is 0 Å². The van der Waals surface area contributed by atoms with Crippen molar-refractivity contribution in [3.8, 4) is 29.4 Å². The number of piperidine rings is 1. The van der Waals surface area contributed by atoms with Gasteiger partial charge in [0.2, 0.25) is 23.7 Å². The molecule has 68 heavy (non-hydrogen) atoms. The number of anilines is 3. The summed E-state index contributed by atoms with van der Waals surface area (Å²) in [6.45, 7) is 12.2. The number of hydrogen-bond donors (Lipinski definition) is 5. The molecule has 4 fully saturated rings. The number of phenolic OH excluding ortho intramolecular Hbond substituents is 1. The van der Waals surface area contributed by atoms with E-state index >= 15 is 0 Å². The third-order valence-corrected chi connectivity index (χ3v) is 14.8. The maximum absolute atomic E-state index is 14.2. The predicted octanol–water partition coefficient (Wildman–Crippen LogP) is 4.54. The summed E-state index contributed by atoms with van der Waals surface area (Å²) in [5.41, 5.74) is 4.49. The summed E-state index contributed by atoms with van der Waals surface area (Å²) in [7, 11) is 0. The van der Waals surface area contributed by atoms with Crippen LogP contribution >= 0.6 is 0 Å². The maximum atomic E-state index is 14.2. The van der Waals surface area contributed by atoms with Crippen molar-refractivity contribution in [3.05, 3.63) is 83.7 Å². The number of phenols is 1. The number of aliphatic hydroxyl groups is 1. The average molecular weight is 924 g/mol. The highest BCUT2D eigenvalue weighted by Crippen LogP contribution is 2.38. The van der Waals surface area contributed by atoms with E-state index in [0.29, 0.717) is 23.1 Å². The fourth-order valence-corrected chi connectivity index (χ4v) is 10.8. The van der Waals surface area contributed by atoms with E-state index in [4.69, 9.17) is 16.4 Å². The fraction of sp³-hybridized carbons (Fsp3) is 0.519. The monoisotopic (exact) mass is 924 g/mol. The molecule has 16 heteroatoms. The van der Waals surface area contributed by atoms with Gasteiger partial charge in [0.15, 0.2) is 5.82 Å². The quantitative estimate of drug-likeness (QED) is 0.132. The number of piperazine rings is 1. The number of nitrogens with one attached hydrogen (secondary N) is 3. The van der Waals surface area contributed by atoms with Crippen LogP contribution in [0, 0.1) is 29.6 Å². The van der Waals surface area contributed by atoms with Crippen molar-refractivity contribution in [3.63, 3.8) is 0 Å². The lowest BCUT2D eigenvalue weighted by atomic mass is 9.80. The third-order valence-electron chi connectivity index (χ3n) is 14.8. The van der Waals surface area contributed by atoms with Gasteiger partial charge in [0.25, 0.3) is 0 Å². The van der Waals surface area contributed by atoms with Gasteiger partial charge in [-0.25, -0.2) is 9.97 Å². The Balaban J connectivity index is 0.716. The summed E-state index contributed by atoms with van der Waals surface area (Å²) < 4.78 is 0. The average Bonchev–Trinajstić information content (AvgIpc) is 3.76. The second-order valence-electron chi connectivity index (χ2n) is 20.5. The SMILES string of the molecule is C#Cc1ccc(CNC(=O)[C@@H]2C[C@@H](O)CN2C(=O)[C@@H](NC(=O)C2CCC(CN3CCC(c4cnc(N5CCN6c7cc(-c8ccccc8O)nnc7NC[C@H]6C5)nc4)CC3)CC2)C(C)(C)C)cc1. The van der Waals surface area contributed by atoms with Gasteiger partial charge in [-0.3, -0.25) is 14.4 Å². The molecule has 5 aliphatic rings. The van der Waals surface area contributed by atoms with E-state index in [-0.39, 0.29) is 54.9 Å². The zero-order chi connectivity index (χ0) is 47.5. The van der Waals surface area contributed by atoms with E-state index < -0.39 is 23.6 Å². The number of para-hydroxylation sites is 1. The van der Waals surface area contributed by atoms with Crippen molar-refractivity contribution in [2.45, 2.75) is 102 Å². The number of aromatic nitrogens is 4. The molecule has 3 amide bonds. The Morgan fingerprint density at radius 2 is 1.65 bits per heavy atom. The summed E-state index contributed by atoms with van der Waals surface area (Å²) in [6, 6.07) is 15.1. The lowest BCUT2D eigenvalue weighted by Crippen LogP contribution is -2.58. The topological polar surface area (TPSA) is 192 Å². The number of hydrogen-bond acceptors (Lipinski definition) is 13. The Bertz CT molecular complexity index is 2470. The molecular weight excluding hydrogens is 859 g/mol. The first-order chi connectivity index (χ1) is 32.8. The van der Waals surface area contributed by atoms with Crippen molar-refractivity contribution < 1.29 is 24.6 Å². The summed E-state index contributed by atoms with van der Waals surface area (Å²) in [5.74, 6) is 4.23. The Hall–Kier alpha value is -6.31. The minimum Gasteiger partial charge on any atom is -0.507 e. The molecule has 4 atom stereocenters. The number of aliphatic hydroxyl groups excluding tert-OH is 1. The number of nitrogens with zero attached hydrogens (tertiary/aromatic N) is 8. The molecule has 2 aromatic heterocycles. The van der Waals surface area contributed by atoms with Gasteiger partial charge >= 0.3 is 0 Å². The van der Waals surface area contributed by atoms with Crippen LogP contribution in [0.1, 0.15) is 88.3 Å². The molecule has 5 N–H and O–H groups in total. The van der Waals surface area contributed by atoms with Crippen LogP contribution in [-0.2, 0) is 20.9 Å². The number of β-amino-alcohol motifs (C(OH)–C–C–N with tert-alkyl or cyclic N) is 1. The van der Waals surface area contributed by atoms with Crippen molar-refractivity contribution in [1.82, 2.24) is 40.6 Å². The molecular formula is C52H65N11O5. The molecule has 0 bridgehead atoms. The first-order valence-electron chi connectivity index (χ1n) is 24.4.